The van der Waals surface area contributed by atoms with Crippen molar-refractivity contribution in [2.24, 2.45) is 11.8 Å². The van der Waals surface area contributed by atoms with Gasteiger partial charge >= 0.3 is 0 Å². The smallest absolute Gasteiger partial charge is 0.227 e. The molecule has 1 aromatic rings. The molecule has 1 saturated carbocycles. The van der Waals surface area contributed by atoms with Crippen LogP contribution in [-0.4, -0.2) is 13.0 Å². The van der Waals surface area contributed by atoms with Crippen molar-refractivity contribution >= 4 is 11.6 Å². The van der Waals surface area contributed by atoms with Crippen LogP contribution in [0.4, 0.5) is 5.69 Å². The summed E-state index contributed by atoms with van der Waals surface area (Å²) in [4.78, 5) is 11.9. The highest BCUT2D eigenvalue weighted by molar-refractivity contribution is 5.92. The van der Waals surface area contributed by atoms with E-state index in [4.69, 9.17) is 0 Å². The van der Waals surface area contributed by atoms with Crippen molar-refractivity contribution in [3.63, 3.8) is 0 Å². The Balaban J connectivity index is 1.95. The van der Waals surface area contributed by atoms with Crippen molar-refractivity contribution in [3.05, 3.63) is 29.8 Å². The second-order valence-corrected chi connectivity index (χ2v) is 5.25. The molecule has 3 nitrogen and oxygen atoms in total. The van der Waals surface area contributed by atoms with Crippen LogP contribution in [0.5, 0.6) is 0 Å². The number of rotatable bonds is 5. The molecule has 0 aromatic heterocycles. The van der Waals surface area contributed by atoms with E-state index in [0.29, 0.717) is 12.0 Å². The molecule has 1 amide bonds. The number of benzene rings is 1. The van der Waals surface area contributed by atoms with Crippen LogP contribution in [0, 0.1) is 11.8 Å². The summed E-state index contributed by atoms with van der Waals surface area (Å²) in [7, 11) is 1.94. The Labute approximate surface area is 109 Å². The third-order valence-corrected chi connectivity index (χ3v) is 3.85. The number of hydrogen-bond donors (Lipinski definition) is 2. The van der Waals surface area contributed by atoms with Crippen LogP contribution < -0.4 is 10.6 Å². The normalized spacial score (nSPS) is 18.2. The van der Waals surface area contributed by atoms with Crippen LogP contribution in [0.25, 0.3) is 0 Å². The lowest BCUT2D eigenvalue weighted by Gasteiger charge is -2.13. The van der Waals surface area contributed by atoms with Gasteiger partial charge in [0.15, 0.2) is 0 Å². The van der Waals surface area contributed by atoms with E-state index in [2.05, 4.69) is 29.7 Å². The summed E-state index contributed by atoms with van der Waals surface area (Å²) in [6, 6.07) is 8.39. The molecule has 18 heavy (non-hydrogen) atoms. The second kappa shape index (κ2) is 5.53. The molecular formula is C15H22N2O. The summed E-state index contributed by atoms with van der Waals surface area (Å²) in [6.45, 7) is 4.13. The van der Waals surface area contributed by atoms with Gasteiger partial charge in [-0.15, -0.1) is 0 Å². The zero-order valence-corrected chi connectivity index (χ0v) is 11.4. The highest BCUT2D eigenvalue weighted by atomic mass is 16.1. The van der Waals surface area contributed by atoms with Gasteiger partial charge in [0.1, 0.15) is 0 Å². The van der Waals surface area contributed by atoms with Crippen molar-refractivity contribution in [2.45, 2.75) is 32.7 Å². The molecule has 3 heteroatoms. The summed E-state index contributed by atoms with van der Waals surface area (Å²) >= 11 is 0. The first-order valence-electron chi connectivity index (χ1n) is 6.70. The van der Waals surface area contributed by atoms with Gasteiger partial charge in [0, 0.05) is 17.6 Å². The zero-order valence-electron chi connectivity index (χ0n) is 11.4. The van der Waals surface area contributed by atoms with Gasteiger partial charge < -0.3 is 10.6 Å². The molecule has 98 valence electrons. The molecule has 0 radical (unpaired) electrons. The van der Waals surface area contributed by atoms with E-state index in [-0.39, 0.29) is 11.8 Å². The monoisotopic (exact) mass is 246 g/mol. The quantitative estimate of drug-likeness (QED) is 0.838. The van der Waals surface area contributed by atoms with Gasteiger partial charge in [-0.25, -0.2) is 0 Å². The molecule has 0 aliphatic heterocycles. The van der Waals surface area contributed by atoms with Gasteiger partial charge in [0.25, 0.3) is 0 Å². The van der Waals surface area contributed by atoms with E-state index < -0.39 is 0 Å². The molecule has 2 rings (SSSR count). The Morgan fingerprint density at radius 1 is 1.22 bits per heavy atom. The minimum Gasteiger partial charge on any atom is -0.326 e. The van der Waals surface area contributed by atoms with Gasteiger partial charge in [-0.2, -0.15) is 0 Å². The summed E-state index contributed by atoms with van der Waals surface area (Å²) in [5, 5.41) is 6.18. The average Bonchev–Trinajstić information content (AvgIpc) is 3.22. The first-order valence-corrected chi connectivity index (χ1v) is 6.70. The number of anilines is 1. The largest absolute Gasteiger partial charge is 0.326 e. The molecule has 2 N–H and O–H groups in total. The SMILES string of the molecule is CNC(C)c1ccc(NC(=O)C(C)C2CC2)cc1. The fraction of sp³-hybridized carbons (Fsp3) is 0.533. The molecule has 0 saturated heterocycles. The van der Waals surface area contributed by atoms with Crippen molar-refractivity contribution in [2.75, 3.05) is 12.4 Å². The third kappa shape index (κ3) is 3.10. The minimum absolute atomic E-state index is 0.140. The molecule has 1 aliphatic carbocycles. The maximum atomic E-state index is 11.9. The average molecular weight is 246 g/mol. The lowest BCUT2D eigenvalue weighted by Crippen LogP contribution is -2.21. The van der Waals surface area contributed by atoms with Crippen molar-refractivity contribution in [3.8, 4) is 0 Å². The molecule has 1 aliphatic rings. The molecule has 0 heterocycles. The maximum Gasteiger partial charge on any atom is 0.227 e. The van der Waals surface area contributed by atoms with E-state index >= 15 is 0 Å². The lowest BCUT2D eigenvalue weighted by atomic mass is 10.1. The first kappa shape index (κ1) is 13.1. The Bertz CT molecular complexity index is 409. The highest BCUT2D eigenvalue weighted by Crippen LogP contribution is 2.37. The van der Waals surface area contributed by atoms with Crippen molar-refractivity contribution < 1.29 is 4.79 Å². The van der Waals surface area contributed by atoms with Crippen LogP contribution >= 0.6 is 0 Å². The molecule has 0 bridgehead atoms. The van der Waals surface area contributed by atoms with E-state index in [1.165, 1.54) is 18.4 Å². The van der Waals surface area contributed by atoms with Crippen molar-refractivity contribution in [1.82, 2.24) is 5.32 Å². The molecular weight excluding hydrogens is 224 g/mol. The second-order valence-electron chi connectivity index (χ2n) is 5.25. The van der Waals surface area contributed by atoms with Gasteiger partial charge in [0.2, 0.25) is 5.91 Å². The Morgan fingerprint density at radius 3 is 2.33 bits per heavy atom. The molecule has 1 fully saturated rings. The Morgan fingerprint density at radius 2 is 1.83 bits per heavy atom. The van der Waals surface area contributed by atoms with Crippen LogP contribution in [0.3, 0.4) is 0 Å². The van der Waals surface area contributed by atoms with Crippen LogP contribution in [0.15, 0.2) is 24.3 Å². The van der Waals surface area contributed by atoms with Gasteiger partial charge in [-0.05, 0) is 50.4 Å². The van der Waals surface area contributed by atoms with E-state index in [0.717, 1.165) is 5.69 Å². The van der Waals surface area contributed by atoms with Crippen molar-refractivity contribution in [1.29, 1.82) is 0 Å². The summed E-state index contributed by atoms with van der Waals surface area (Å²) in [5.41, 5.74) is 2.12. The van der Waals surface area contributed by atoms with E-state index in [1.807, 2.05) is 26.1 Å². The fourth-order valence-electron chi connectivity index (χ4n) is 2.09. The molecule has 2 atom stereocenters. The maximum absolute atomic E-state index is 11.9. The van der Waals surface area contributed by atoms with E-state index in [1.54, 1.807) is 0 Å². The Hall–Kier alpha value is -1.35. The summed E-state index contributed by atoms with van der Waals surface area (Å²) in [5.74, 6) is 0.890. The zero-order chi connectivity index (χ0) is 13.1. The fourth-order valence-corrected chi connectivity index (χ4v) is 2.09. The highest BCUT2D eigenvalue weighted by Gasteiger charge is 2.32. The topological polar surface area (TPSA) is 41.1 Å². The minimum atomic E-state index is 0.140. The molecule has 2 unspecified atom stereocenters. The van der Waals surface area contributed by atoms with E-state index in [9.17, 15) is 4.79 Å². The number of carbonyl (C=O) groups excluding carboxylic acids is 1. The van der Waals surface area contributed by atoms with Crippen LogP contribution in [0.2, 0.25) is 0 Å². The predicted molar refractivity (Wildman–Crippen MR) is 74.4 cm³/mol. The predicted octanol–water partition coefficient (Wildman–Crippen LogP) is 2.95. The number of nitrogens with one attached hydrogen (secondary N) is 2. The number of hydrogen-bond acceptors (Lipinski definition) is 2. The van der Waals surface area contributed by atoms with Gasteiger partial charge in [0.05, 0.1) is 0 Å². The van der Waals surface area contributed by atoms with Gasteiger partial charge in [-0.3, -0.25) is 4.79 Å². The number of amides is 1. The Kier molecular flexibility index (Phi) is 4.02. The third-order valence-electron chi connectivity index (χ3n) is 3.85. The summed E-state index contributed by atoms with van der Waals surface area (Å²) < 4.78 is 0. The van der Waals surface area contributed by atoms with Gasteiger partial charge in [-0.1, -0.05) is 19.1 Å². The number of carbonyl (C=O) groups is 1. The molecule has 1 aromatic carbocycles. The summed E-state index contributed by atoms with van der Waals surface area (Å²) in [6.07, 6.45) is 2.40. The molecule has 0 spiro atoms. The lowest BCUT2D eigenvalue weighted by molar-refractivity contribution is -0.119. The van der Waals surface area contributed by atoms with Crippen LogP contribution in [0.1, 0.15) is 38.3 Å². The first-order chi connectivity index (χ1) is 8.61. The van der Waals surface area contributed by atoms with Crippen LogP contribution in [-0.2, 0) is 4.79 Å². The standard InChI is InChI=1S/C15H22N2O/c1-10(12-4-5-12)15(18)17-14-8-6-13(7-9-14)11(2)16-3/h6-12,16H,4-5H2,1-3H3,(H,17,18).